The molecule has 39 heavy (non-hydrogen) atoms. The van der Waals surface area contributed by atoms with Gasteiger partial charge < -0.3 is 13.9 Å². The molecule has 0 saturated heterocycles. The Hall–Kier alpha value is -3.34. The highest BCUT2D eigenvalue weighted by atomic mass is 16.5. The summed E-state index contributed by atoms with van der Waals surface area (Å²) in [5, 5.41) is 0. The van der Waals surface area contributed by atoms with Crippen molar-refractivity contribution < 1.29 is 23.5 Å². The molecule has 6 rings (SSSR count). The van der Waals surface area contributed by atoms with Crippen LogP contribution in [-0.2, 0) is 15.9 Å². The number of furan rings is 1. The van der Waals surface area contributed by atoms with Crippen molar-refractivity contribution in [2.75, 3.05) is 13.2 Å². The molecule has 2 fully saturated rings. The van der Waals surface area contributed by atoms with Gasteiger partial charge in [0.1, 0.15) is 19.0 Å². The molecule has 3 aliphatic carbocycles. The van der Waals surface area contributed by atoms with Crippen LogP contribution in [0.15, 0.2) is 77.4 Å². The molecule has 0 radical (unpaired) electrons. The standard InChI is InChI=1S/C34H38O5/c1-23-26-14-15-30-33(2,28(26)20-29-27(23)16-19-37-29)17-9-18-34(30,21-38-31(35)24-10-5-3-6-11-24)22-39-32(36)25-12-7-4-8-13-25/h3-8,10-13,16,19,23,26,28,30H,9,14-15,17-18,20-22H2,1-2H3/t23-,26+,28+,30-,33-/m1/s1. The SMILES string of the molecule is C[C@H]1c2ccoc2C[C@H]2[C@H]1CC[C@H]1C(COC(=O)c3ccccc3)(COC(=O)c3ccccc3)CCC[C@]21C. The number of hydrogen-bond acceptors (Lipinski definition) is 5. The molecular weight excluding hydrogens is 488 g/mol. The van der Waals surface area contributed by atoms with Crippen LogP contribution in [-0.4, -0.2) is 25.2 Å². The minimum absolute atomic E-state index is 0.0399. The number of rotatable bonds is 6. The minimum atomic E-state index is -0.431. The molecule has 5 nitrogen and oxygen atoms in total. The predicted octanol–water partition coefficient (Wildman–Crippen LogP) is 7.47. The van der Waals surface area contributed by atoms with E-state index in [0.717, 1.165) is 44.3 Å². The summed E-state index contributed by atoms with van der Waals surface area (Å²) in [6.45, 7) is 5.30. The van der Waals surface area contributed by atoms with Gasteiger partial charge in [0.05, 0.1) is 17.4 Å². The molecular formula is C34H38O5. The molecule has 2 aromatic carbocycles. The normalized spacial score (nSPS) is 28.9. The lowest BCUT2D eigenvalue weighted by atomic mass is 9.43. The zero-order valence-corrected chi connectivity index (χ0v) is 22.9. The quantitative estimate of drug-likeness (QED) is 0.312. The third kappa shape index (κ3) is 4.60. The third-order valence-corrected chi connectivity index (χ3v) is 10.4. The molecule has 0 N–H and O–H groups in total. The van der Waals surface area contributed by atoms with Crippen molar-refractivity contribution in [3.05, 3.63) is 95.4 Å². The zero-order valence-electron chi connectivity index (χ0n) is 22.9. The number of hydrogen-bond donors (Lipinski definition) is 0. The average molecular weight is 527 g/mol. The van der Waals surface area contributed by atoms with E-state index in [0.29, 0.717) is 28.9 Å². The molecule has 5 heteroatoms. The topological polar surface area (TPSA) is 65.7 Å². The van der Waals surface area contributed by atoms with Gasteiger partial charge in [0.2, 0.25) is 0 Å². The van der Waals surface area contributed by atoms with E-state index in [1.807, 2.05) is 42.7 Å². The molecule has 3 aliphatic rings. The first kappa shape index (κ1) is 25.9. The van der Waals surface area contributed by atoms with E-state index in [4.69, 9.17) is 13.9 Å². The largest absolute Gasteiger partial charge is 0.469 e. The van der Waals surface area contributed by atoms with E-state index in [9.17, 15) is 9.59 Å². The molecule has 0 unspecified atom stereocenters. The lowest BCUT2D eigenvalue weighted by Crippen LogP contribution is -2.58. The molecule has 0 bridgehead atoms. The van der Waals surface area contributed by atoms with Gasteiger partial charge in [-0.1, -0.05) is 56.7 Å². The summed E-state index contributed by atoms with van der Waals surface area (Å²) >= 11 is 0. The van der Waals surface area contributed by atoms with Crippen molar-refractivity contribution in [2.24, 2.45) is 28.6 Å². The molecule has 2 saturated carbocycles. The van der Waals surface area contributed by atoms with Gasteiger partial charge in [0, 0.05) is 11.8 Å². The van der Waals surface area contributed by atoms with Crippen LogP contribution in [0.3, 0.4) is 0 Å². The first-order chi connectivity index (χ1) is 18.9. The number of ether oxygens (including phenoxy) is 2. The summed E-state index contributed by atoms with van der Waals surface area (Å²) in [4.78, 5) is 26.1. The summed E-state index contributed by atoms with van der Waals surface area (Å²) in [6, 6.07) is 20.5. The Bertz CT molecular complexity index is 1260. The number of esters is 2. The van der Waals surface area contributed by atoms with Crippen molar-refractivity contribution in [1.82, 2.24) is 0 Å². The lowest BCUT2D eigenvalue weighted by molar-refractivity contribution is -0.151. The number of carbonyl (C=O) groups excluding carboxylic acids is 2. The van der Waals surface area contributed by atoms with Crippen LogP contribution in [0.2, 0.25) is 0 Å². The van der Waals surface area contributed by atoms with Crippen molar-refractivity contribution in [3.8, 4) is 0 Å². The van der Waals surface area contributed by atoms with Gasteiger partial charge in [-0.15, -0.1) is 0 Å². The van der Waals surface area contributed by atoms with Crippen LogP contribution < -0.4 is 0 Å². The summed E-state index contributed by atoms with van der Waals surface area (Å²) in [7, 11) is 0. The van der Waals surface area contributed by atoms with E-state index >= 15 is 0 Å². The Balaban J connectivity index is 1.30. The van der Waals surface area contributed by atoms with Gasteiger partial charge >= 0.3 is 11.9 Å². The Morgan fingerprint density at radius 3 is 2.10 bits per heavy atom. The van der Waals surface area contributed by atoms with E-state index < -0.39 is 5.41 Å². The molecule has 0 spiro atoms. The Morgan fingerprint density at radius 2 is 1.49 bits per heavy atom. The van der Waals surface area contributed by atoms with Crippen LogP contribution in [0.4, 0.5) is 0 Å². The fourth-order valence-electron chi connectivity index (χ4n) is 8.45. The maximum atomic E-state index is 13.1. The van der Waals surface area contributed by atoms with Crippen LogP contribution in [0, 0.1) is 28.6 Å². The van der Waals surface area contributed by atoms with Crippen molar-refractivity contribution in [1.29, 1.82) is 0 Å². The molecule has 3 aromatic rings. The maximum absolute atomic E-state index is 13.1. The van der Waals surface area contributed by atoms with Crippen LogP contribution >= 0.6 is 0 Å². The number of benzene rings is 2. The molecule has 1 heterocycles. The summed E-state index contributed by atoms with van der Waals surface area (Å²) < 4.78 is 18.1. The fourth-order valence-corrected chi connectivity index (χ4v) is 8.45. The number of carbonyl (C=O) groups is 2. The summed E-state index contributed by atoms with van der Waals surface area (Å²) in [5.74, 6) is 2.32. The van der Waals surface area contributed by atoms with Crippen LogP contribution in [0.25, 0.3) is 0 Å². The lowest BCUT2D eigenvalue weighted by Gasteiger charge is -2.62. The van der Waals surface area contributed by atoms with Gasteiger partial charge in [-0.05, 0) is 90.7 Å². The van der Waals surface area contributed by atoms with E-state index in [-0.39, 0.29) is 36.5 Å². The first-order valence-electron chi connectivity index (χ1n) is 14.4. The van der Waals surface area contributed by atoms with Crippen molar-refractivity contribution >= 4 is 11.9 Å². The van der Waals surface area contributed by atoms with E-state index in [1.165, 1.54) is 5.56 Å². The Labute approximate surface area is 230 Å². The molecule has 5 atom stereocenters. The zero-order chi connectivity index (χ0) is 27.0. The van der Waals surface area contributed by atoms with Crippen molar-refractivity contribution in [3.63, 3.8) is 0 Å². The highest BCUT2D eigenvalue weighted by Gasteiger charge is 2.60. The predicted molar refractivity (Wildman–Crippen MR) is 148 cm³/mol. The second kappa shape index (κ2) is 10.3. The number of fused-ring (bicyclic) bond motifs is 4. The molecule has 0 amide bonds. The van der Waals surface area contributed by atoms with Crippen LogP contribution in [0.1, 0.15) is 83.9 Å². The Morgan fingerprint density at radius 1 is 0.872 bits per heavy atom. The van der Waals surface area contributed by atoms with Crippen LogP contribution in [0.5, 0.6) is 0 Å². The molecule has 204 valence electrons. The molecule has 0 aliphatic heterocycles. The van der Waals surface area contributed by atoms with Crippen molar-refractivity contribution in [2.45, 2.75) is 58.3 Å². The van der Waals surface area contributed by atoms with Gasteiger partial charge in [-0.2, -0.15) is 0 Å². The van der Waals surface area contributed by atoms with E-state index in [1.54, 1.807) is 24.3 Å². The average Bonchev–Trinajstić information content (AvgIpc) is 3.45. The monoisotopic (exact) mass is 526 g/mol. The fraction of sp³-hybridized carbons (Fsp3) is 0.471. The third-order valence-electron chi connectivity index (χ3n) is 10.4. The summed E-state index contributed by atoms with van der Waals surface area (Å²) in [6.07, 6.45) is 7.97. The Kier molecular flexibility index (Phi) is 6.86. The van der Waals surface area contributed by atoms with Gasteiger partial charge in [0.15, 0.2) is 0 Å². The minimum Gasteiger partial charge on any atom is -0.469 e. The molecule has 1 aromatic heterocycles. The second-order valence-corrected chi connectivity index (χ2v) is 12.3. The first-order valence-corrected chi connectivity index (χ1v) is 14.4. The van der Waals surface area contributed by atoms with Gasteiger partial charge in [-0.3, -0.25) is 0 Å². The van der Waals surface area contributed by atoms with Gasteiger partial charge in [0.25, 0.3) is 0 Å². The highest BCUT2D eigenvalue weighted by molar-refractivity contribution is 5.89. The highest BCUT2D eigenvalue weighted by Crippen LogP contribution is 2.65. The smallest absolute Gasteiger partial charge is 0.338 e. The van der Waals surface area contributed by atoms with E-state index in [2.05, 4.69) is 19.9 Å². The van der Waals surface area contributed by atoms with Gasteiger partial charge in [-0.25, -0.2) is 9.59 Å². The summed E-state index contributed by atoms with van der Waals surface area (Å²) in [5.41, 5.74) is 2.07. The second-order valence-electron chi connectivity index (χ2n) is 12.3. The maximum Gasteiger partial charge on any atom is 0.338 e.